The van der Waals surface area contributed by atoms with E-state index >= 15 is 0 Å². The van der Waals surface area contributed by atoms with Crippen LogP contribution in [0.1, 0.15) is 59.2 Å². The highest BCUT2D eigenvalue weighted by molar-refractivity contribution is 5.96. The number of carbonyl (C=O) groups is 1. The number of hydrogen-bond donors (Lipinski definition) is 1. The maximum absolute atomic E-state index is 13.2. The standard InChI is InChI=1S/C25H31FN2O/c26-24-8-3-20(4-9-24)17-28-15-1-2-21-6-7-22(16-23(21)18-28)25(29)10-5-19-11-13-27-14-12-19/h3-4,6-9,16,19,27H,1-2,5,10-15,17-18H2. The quantitative estimate of drug-likeness (QED) is 0.719. The van der Waals surface area contributed by atoms with Gasteiger partial charge in [-0.1, -0.05) is 24.3 Å². The third-order valence-corrected chi connectivity index (χ3v) is 6.40. The molecular formula is C25H31FN2O. The summed E-state index contributed by atoms with van der Waals surface area (Å²) < 4.78 is 13.2. The summed E-state index contributed by atoms with van der Waals surface area (Å²) in [6, 6.07) is 13.1. The molecule has 1 saturated heterocycles. The topological polar surface area (TPSA) is 32.3 Å². The lowest BCUT2D eigenvalue weighted by atomic mass is 9.90. The van der Waals surface area contributed by atoms with Crippen LogP contribution in [0.3, 0.4) is 0 Å². The zero-order chi connectivity index (χ0) is 20.1. The molecule has 29 heavy (non-hydrogen) atoms. The predicted molar refractivity (Wildman–Crippen MR) is 114 cm³/mol. The minimum absolute atomic E-state index is 0.192. The van der Waals surface area contributed by atoms with Crippen molar-refractivity contribution >= 4 is 5.78 Å². The molecule has 0 bridgehead atoms. The fourth-order valence-electron chi connectivity index (χ4n) is 4.64. The summed E-state index contributed by atoms with van der Waals surface area (Å²) in [5.41, 5.74) is 4.63. The number of carbonyl (C=O) groups excluding carboxylic acids is 1. The Hall–Kier alpha value is -2.04. The average molecular weight is 395 g/mol. The van der Waals surface area contributed by atoms with Crippen LogP contribution in [-0.2, 0) is 19.5 Å². The van der Waals surface area contributed by atoms with Gasteiger partial charge in [0.25, 0.3) is 0 Å². The molecule has 1 fully saturated rings. The van der Waals surface area contributed by atoms with Crippen LogP contribution < -0.4 is 5.32 Å². The highest BCUT2D eigenvalue weighted by Crippen LogP contribution is 2.24. The Balaban J connectivity index is 1.40. The van der Waals surface area contributed by atoms with Crippen molar-refractivity contribution in [3.05, 3.63) is 70.5 Å². The van der Waals surface area contributed by atoms with Crippen molar-refractivity contribution in [3.8, 4) is 0 Å². The van der Waals surface area contributed by atoms with E-state index in [2.05, 4.69) is 22.3 Å². The van der Waals surface area contributed by atoms with Gasteiger partial charge in [-0.25, -0.2) is 4.39 Å². The molecule has 2 aromatic rings. The number of nitrogens with zero attached hydrogens (tertiary/aromatic N) is 1. The van der Waals surface area contributed by atoms with Gasteiger partial charge in [0.15, 0.2) is 5.78 Å². The molecular weight excluding hydrogens is 363 g/mol. The highest BCUT2D eigenvalue weighted by atomic mass is 19.1. The van der Waals surface area contributed by atoms with Crippen LogP contribution in [0.5, 0.6) is 0 Å². The molecule has 0 saturated carbocycles. The van der Waals surface area contributed by atoms with Gasteiger partial charge in [-0.05, 0) is 92.5 Å². The fourth-order valence-corrected chi connectivity index (χ4v) is 4.64. The molecule has 4 rings (SSSR count). The summed E-state index contributed by atoms with van der Waals surface area (Å²) in [4.78, 5) is 15.2. The van der Waals surface area contributed by atoms with Gasteiger partial charge in [0.2, 0.25) is 0 Å². The van der Waals surface area contributed by atoms with Crippen LogP contribution in [0, 0.1) is 11.7 Å². The summed E-state index contributed by atoms with van der Waals surface area (Å²) >= 11 is 0. The van der Waals surface area contributed by atoms with Crippen molar-refractivity contribution in [2.45, 2.75) is 51.6 Å². The molecule has 0 amide bonds. The van der Waals surface area contributed by atoms with E-state index in [1.54, 1.807) is 0 Å². The molecule has 4 heteroatoms. The van der Waals surface area contributed by atoms with Crippen LogP contribution in [0.25, 0.3) is 0 Å². The van der Waals surface area contributed by atoms with E-state index in [0.29, 0.717) is 12.3 Å². The van der Waals surface area contributed by atoms with E-state index in [-0.39, 0.29) is 11.6 Å². The van der Waals surface area contributed by atoms with Crippen LogP contribution in [0.2, 0.25) is 0 Å². The third-order valence-electron chi connectivity index (χ3n) is 6.40. The molecule has 0 spiro atoms. The molecule has 2 aliphatic rings. The van der Waals surface area contributed by atoms with Gasteiger partial charge in [0.1, 0.15) is 5.82 Å². The van der Waals surface area contributed by atoms with Crippen LogP contribution in [-0.4, -0.2) is 30.3 Å². The molecule has 0 atom stereocenters. The molecule has 1 N–H and O–H groups in total. The van der Waals surface area contributed by atoms with Gasteiger partial charge < -0.3 is 5.32 Å². The summed E-state index contributed by atoms with van der Waals surface area (Å²) in [6.07, 6.45) is 6.21. The number of rotatable bonds is 6. The van der Waals surface area contributed by atoms with Crippen molar-refractivity contribution in [1.82, 2.24) is 10.2 Å². The molecule has 0 unspecified atom stereocenters. The van der Waals surface area contributed by atoms with Crippen molar-refractivity contribution in [2.75, 3.05) is 19.6 Å². The zero-order valence-corrected chi connectivity index (χ0v) is 17.1. The number of aryl methyl sites for hydroxylation is 1. The number of benzene rings is 2. The van der Waals surface area contributed by atoms with E-state index in [1.807, 2.05) is 18.2 Å². The van der Waals surface area contributed by atoms with Crippen molar-refractivity contribution < 1.29 is 9.18 Å². The van der Waals surface area contributed by atoms with E-state index in [1.165, 1.54) is 36.1 Å². The van der Waals surface area contributed by atoms with E-state index < -0.39 is 0 Å². The number of halogens is 1. The molecule has 0 aliphatic carbocycles. The van der Waals surface area contributed by atoms with Gasteiger partial charge in [-0.2, -0.15) is 0 Å². The Morgan fingerprint density at radius 3 is 2.66 bits per heavy atom. The average Bonchev–Trinajstić information content (AvgIpc) is 2.95. The molecule has 3 nitrogen and oxygen atoms in total. The van der Waals surface area contributed by atoms with Gasteiger partial charge in [-0.3, -0.25) is 9.69 Å². The second kappa shape index (κ2) is 9.64. The predicted octanol–water partition coefficient (Wildman–Crippen LogP) is 4.74. The van der Waals surface area contributed by atoms with Crippen LogP contribution >= 0.6 is 0 Å². The fraction of sp³-hybridized carbons (Fsp3) is 0.480. The van der Waals surface area contributed by atoms with Crippen molar-refractivity contribution in [3.63, 3.8) is 0 Å². The van der Waals surface area contributed by atoms with Crippen LogP contribution in [0.15, 0.2) is 42.5 Å². The SMILES string of the molecule is O=C(CCC1CCNCC1)c1ccc2c(c1)CN(Cc1ccc(F)cc1)CCC2. The monoisotopic (exact) mass is 394 g/mol. The maximum atomic E-state index is 13.2. The van der Waals surface area contributed by atoms with Gasteiger partial charge >= 0.3 is 0 Å². The molecule has 2 aromatic carbocycles. The minimum Gasteiger partial charge on any atom is -0.317 e. The molecule has 2 heterocycles. The van der Waals surface area contributed by atoms with Gasteiger partial charge in [0.05, 0.1) is 0 Å². The van der Waals surface area contributed by atoms with Crippen molar-refractivity contribution in [2.24, 2.45) is 5.92 Å². The Morgan fingerprint density at radius 2 is 1.86 bits per heavy atom. The first-order valence-electron chi connectivity index (χ1n) is 11.0. The van der Waals surface area contributed by atoms with Gasteiger partial charge in [0, 0.05) is 25.1 Å². The summed E-state index contributed by atoms with van der Waals surface area (Å²) in [7, 11) is 0. The highest BCUT2D eigenvalue weighted by Gasteiger charge is 2.18. The molecule has 154 valence electrons. The van der Waals surface area contributed by atoms with Crippen LogP contribution in [0.4, 0.5) is 4.39 Å². The number of hydrogen-bond acceptors (Lipinski definition) is 3. The van der Waals surface area contributed by atoms with E-state index in [4.69, 9.17) is 0 Å². The molecule has 0 aromatic heterocycles. The zero-order valence-electron chi connectivity index (χ0n) is 17.1. The van der Waals surface area contributed by atoms with E-state index in [9.17, 15) is 9.18 Å². The lowest BCUT2D eigenvalue weighted by Crippen LogP contribution is -2.28. The first-order chi connectivity index (χ1) is 14.2. The smallest absolute Gasteiger partial charge is 0.162 e. The first-order valence-corrected chi connectivity index (χ1v) is 11.0. The Kier molecular flexibility index (Phi) is 6.73. The summed E-state index contributed by atoms with van der Waals surface area (Å²) in [6.45, 7) is 4.85. The maximum Gasteiger partial charge on any atom is 0.162 e. The number of piperidine rings is 1. The second-order valence-electron chi connectivity index (χ2n) is 8.58. The van der Waals surface area contributed by atoms with Gasteiger partial charge in [-0.15, -0.1) is 0 Å². The number of nitrogens with one attached hydrogen (secondary N) is 1. The lowest BCUT2D eigenvalue weighted by Gasteiger charge is -2.22. The molecule has 0 radical (unpaired) electrons. The normalized spacial score (nSPS) is 18.2. The van der Waals surface area contributed by atoms with Crippen molar-refractivity contribution in [1.29, 1.82) is 0 Å². The minimum atomic E-state index is -0.192. The number of ketones is 1. The lowest BCUT2D eigenvalue weighted by molar-refractivity contribution is 0.0970. The number of fused-ring (bicyclic) bond motifs is 1. The first kappa shape index (κ1) is 20.2. The third kappa shape index (κ3) is 5.52. The van der Waals surface area contributed by atoms with E-state index in [0.717, 1.165) is 63.1 Å². The summed E-state index contributed by atoms with van der Waals surface area (Å²) in [5.74, 6) is 0.774. The largest absolute Gasteiger partial charge is 0.317 e. The second-order valence-corrected chi connectivity index (χ2v) is 8.58. The Labute approximate surface area is 173 Å². The Morgan fingerprint density at radius 1 is 1.07 bits per heavy atom. The number of Topliss-reactive ketones (excluding diaryl/α,β-unsaturated/α-hetero) is 1. The Bertz CT molecular complexity index is 827. The molecule has 2 aliphatic heterocycles. The summed E-state index contributed by atoms with van der Waals surface area (Å²) in [5, 5.41) is 3.39.